The maximum Gasteiger partial charge on any atom is 0.242 e. The van der Waals surface area contributed by atoms with Crippen molar-refractivity contribution in [2.45, 2.75) is 64.6 Å². The standard InChI is InChI=1S/C25H34N2O4/c1-3-20(2)27(24(28)14-13-21-9-5-4-6-10-21)19-25(29)26(17-22-11-7-15-30-22)18-23-12-8-16-31-23/h4-7,9-11,15,20,23H,3,8,12-14,16-19H2,1-2H3/t20-,23-/m1/s1. The van der Waals surface area contributed by atoms with Gasteiger partial charge in [0.25, 0.3) is 0 Å². The fourth-order valence-corrected chi connectivity index (χ4v) is 3.87. The average molecular weight is 427 g/mol. The highest BCUT2D eigenvalue weighted by Gasteiger charge is 2.27. The van der Waals surface area contributed by atoms with E-state index in [0.717, 1.165) is 37.2 Å². The molecule has 1 fully saturated rings. The van der Waals surface area contributed by atoms with Crippen LogP contribution in [0.3, 0.4) is 0 Å². The molecule has 31 heavy (non-hydrogen) atoms. The van der Waals surface area contributed by atoms with Gasteiger partial charge in [-0.15, -0.1) is 0 Å². The molecule has 1 aromatic carbocycles. The number of nitrogens with zero attached hydrogens (tertiary/aromatic N) is 2. The van der Waals surface area contributed by atoms with E-state index in [1.165, 1.54) is 0 Å². The van der Waals surface area contributed by atoms with Gasteiger partial charge in [0.1, 0.15) is 12.3 Å². The zero-order chi connectivity index (χ0) is 22.1. The molecular formula is C25H34N2O4. The van der Waals surface area contributed by atoms with Crippen LogP contribution in [0, 0.1) is 0 Å². The predicted octanol–water partition coefficient (Wildman–Crippen LogP) is 4.05. The Morgan fingerprint density at radius 3 is 2.58 bits per heavy atom. The molecule has 2 heterocycles. The van der Waals surface area contributed by atoms with Gasteiger partial charge in [0.2, 0.25) is 11.8 Å². The minimum Gasteiger partial charge on any atom is -0.467 e. The molecule has 0 saturated carbocycles. The molecule has 6 nitrogen and oxygen atoms in total. The minimum absolute atomic E-state index is 0.000386. The van der Waals surface area contributed by atoms with Gasteiger partial charge in [-0.2, -0.15) is 0 Å². The van der Waals surface area contributed by atoms with Crippen molar-refractivity contribution >= 4 is 11.8 Å². The second-order valence-electron chi connectivity index (χ2n) is 8.25. The number of aryl methyl sites for hydroxylation is 1. The van der Waals surface area contributed by atoms with Crippen molar-refractivity contribution in [3.05, 3.63) is 60.1 Å². The zero-order valence-corrected chi connectivity index (χ0v) is 18.7. The lowest BCUT2D eigenvalue weighted by molar-refractivity contribution is -0.143. The second-order valence-corrected chi connectivity index (χ2v) is 8.25. The van der Waals surface area contributed by atoms with E-state index in [4.69, 9.17) is 9.15 Å². The van der Waals surface area contributed by atoms with Crippen LogP contribution in [0.1, 0.15) is 50.9 Å². The van der Waals surface area contributed by atoms with Crippen LogP contribution in [-0.2, 0) is 27.3 Å². The number of hydrogen-bond acceptors (Lipinski definition) is 4. The highest BCUT2D eigenvalue weighted by Crippen LogP contribution is 2.17. The molecule has 6 heteroatoms. The summed E-state index contributed by atoms with van der Waals surface area (Å²) in [4.78, 5) is 29.9. The molecule has 0 N–H and O–H groups in total. The molecule has 2 amide bonds. The van der Waals surface area contributed by atoms with E-state index in [1.807, 2.05) is 56.3 Å². The van der Waals surface area contributed by atoms with Crippen molar-refractivity contribution in [3.63, 3.8) is 0 Å². The van der Waals surface area contributed by atoms with Gasteiger partial charge in [0.05, 0.1) is 18.9 Å². The molecule has 0 radical (unpaired) electrons. The van der Waals surface area contributed by atoms with E-state index in [1.54, 1.807) is 16.1 Å². The Morgan fingerprint density at radius 2 is 1.94 bits per heavy atom. The van der Waals surface area contributed by atoms with Gasteiger partial charge < -0.3 is 19.0 Å². The molecule has 2 aromatic rings. The highest BCUT2D eigenvalue weighted by molar-refractivity contribution is 5.85. The summed E-state index contributed by atoms with van der Waals surface area (Å²) in [5.41, 5.74) is 1.13. The van der Waals surface area contributed by atoms with Gasteiger partial charge in [-0.05, 0) is 50.3 Å². The van der Waals surface area contributed by atoms with E-state index in [-0.39, 0.29) is 30.5 Å². The smallest absolute Gasteiger partial charge is 0.242 e. The Balaban J connectivity index is 1.65. The lowest BCUT2D eigenvalue weighted by Crippen LogP contribution is -2.47. The lowest BCUT2D eigenvalue weighted by atomic mass is 10.1. The van der Waals surface area contributed by atoms with Crippen molar-refractivity contribution in [1.82, 2.24) is 9.80 Å². The summed E-state index contributed by atoms with van der Waals surface area (Å²) in [6.07, 6.45) is 5.50. The molecule has 1 aliphatic heterocycles. The lowest BCUT2D eigenvalue weighted by Gasteiger charge is -2.32. The molecule has 0 bridgehead atoms. The number of carbonyl (C=O) groups excluding carboxylic acids is 2. The molecule has 1 aliphatic rings. The van der Waals surface area contributed by atoms with E-state index in [9.17, 15) is 9.59 Å². The summed E-state index contributed by atoms with van der Waals surface area (Å²) >= 11 is 0. The number of furan rings is 1. The average Bonchev–Trinajstić information content (AvgIpc) is 3.50. The molecule has 0 aliphatic carbocycles. The van der Waals surface area contributed by atoms with Gasteiger partial charge >= 0.3 is 0 Å². The molecule has 1 saturated heterocycles. The maximum atomic E-state index is 13.3. The summed E-state index contributed by atoms with van der Waals surface area (Å²) in [6, 6.07) is 13.7. The zero-order valence-electron chi connectivity index (χ0n) is 18.7. The molecule has 1 aromatic heterocycles. The van der Waals surface area contributed by atoms with Crippen LogP contribution in [0.2, 0.25) is 0 Å². The molecule has 2 atom stereocenters. The monoisotopic (exact) mass is 426 g/mol. The van der Waals surface area contributed by atoms with Crippen molar-refractivity contribution in [2.75, 3.05) is 19.7 Å². The molecule has 168 valence electrons. The number of ether oxygens (including phenoxy) is 1. The maximum absolute atomic E-state index is 13.3. The normalized spacial score (nSPS) is 16.8. The van der Waals surface area contributed by atoms with Crippen molar-refractivity contribution < 1.29 is 18.7 Å². The van der Waals surface area contributed by atoms with Gasteiger partial charge in [-0.1, -0.05) is 37.3 Å². The third-order valence-corrected chi connectivity index (χ3v) is 5.95. The van der Waals surface area contributed by atoms with Gasteiger partial charge in [0, 0.05) is 25.6 Å². The van der Waals surface area contributed by atoms with Crippen LogP contribution < -0.4 is 0 Å². The quantitative estimate of drug-likeness (QED) is 0.544. The van der Waals surface area contributed by atoms with Crippen LogP contribution in [-0.4, -0.2) is 53.5 Å². The van der Waals surface area contributed by atoms with Crippen LogP contribution in [0.4, 0.5) is 0 Å². The van der Waals surface area contributed by atoms with E-state index < -0.39 is 0 Å². The number of hydrogen-bond donors (Lipinski definition) is 0. The molecule has 3 rings (SSSR count). The first kappa shape index (κ1) is 23.1. The fourth-order valence-electron chi connectivity index (χ4n) is 3.87. The van der Waals surface area contributed by atoms with Crippen LogP contribution in [0.5, 0.6) is 0 Å². The Morgan fingerprint density at radius 1 is 1.13 bits per heavy atom. The minimum atomic E-state index is -0.0692. The summed E-state index contributed by atoms with van der Waals surface area (Å²) in [6.45, 7) is 5.77. The van der Waals surface area contributed by atoms with Crippen molar-refractivity contribution in [2.24, 2.45) is 0 Å². The van der Waals surface area contributed by atoms with Crippen molar-refractivity contribution in [3.8, 4) is 0 Å². The first-order valence-corrected chi connectivity index (χ1v) is 11.3. The van der Waals surface area contributed by atoms with E-state index in [0.29, 0.717) is 25.9 Å². The molecule has 0 spiro atoms. The number of rotatable bonds is 11. The SMILES string of the molecule is CC[C@@H](C)N(CC(=O)N(Cc1ccco1)C[C@H]1CCCO1)C(=O)CCc1ccccc1. The third-order valence-electron chi connectivity index (χ3n) is 5.95. The highest BCUT2D eigenvalue weighted by atomic mass is 16.5. The Bertz CT molecular complexity index is 800. The first-order valence-electron chi connectivity index (χ1n) is 11.3. The van der Waals surface area contributed by atoms with E-state index in [2.05, 4.69) is 0 Å². The Kier molecular flexibility index (Phi) is 8.71. The van der Waals surface area contributed by atoms with Crippen LogP contribution in [0.15, 0.2) is 53.1 Å². The van der Waals surface area contributed by atoms with Crippen LogP contribution >= 0.6 is 0 Å². The number of carbonyl (C=O) groups is 2. The largest absolute Gasteiger partial charge is 0.467 e. The summed E-state index contributed by atoms with van der Waals surface area (Å²) in [7, 11) is 0. The van der Waals surface area contributed by atoms with Crippen molar-refractivity contribution in [1.29, 1.82) is 0 Å². The Labute approximate surface area is 185 Å². The van der Waals surface area contributed by atoms with Crippen LogP contribution in [0.25, 0.3) is 0 Å². The van der Waals surface area contributed by atoms with E-state index >= 15 is 0 Å². The predicted molar refractivity (Wildman–Crippen MR) is 119 cm³/mol. The Hall–Kier alpha value is -2.60. The fraction of sp³-hybridized carbons (Fsp3) is 0.520. The summed E-state index contributed by atoms with van der Waals surface area (Å²) in [5.74, 6) is 0.679. The molecular weight excluding hydrogens is 392 g/mol. The van der Waals surface area contributed by atoms with Gasteiger partial charge in [0.15, 0.2) is 0 Å². The topological polar surface area (TPSA) is 63.0 Å². The number of amides is 2. The van der Waals surface area contributed by atoms with Gasteiger partial charge in [-0.3, -0.25) is 9.59 Å². The second kappa shape index (κ2) is 11.7. The van der Waals surface area contributed by atoms with Gasteiger partial charge in [-0.25, -0.2) is 0 Å². The third kappa shape index (κ3) is 6.96. The number of benzene rings is 1. The molecule has 0 unspecified atom stereocenters. The summed E-state index contributed by atoms with van der Waals surface area (Å²) < 4.78 is 11.2. The first-order chi connectivity index (χ1) is 15.1. The summed E-state index contributed by atoms with van der Waals surface area (Å²) in [5, 5.41) is 0.